The number of hydrogen-bond donors (Lipinski definition) is 0. The zero-order valence-corrected chi connectivity index (χ0v) is 12.9. The average molecular weight is 299 g/mol. The molecule has 0 unspecified atom stereocenters. The number of benzene rings is 1. The number of morpholine rings is 1. The minimum Gasteiger partial charge on any atom is -0.473 e. The molecule has 0 spiro atoms. The van der Waals surface area contributed by atoms with Crippen LogP contribution < -0.4 is 9.64 Å². The van der Waals surface area contributed by atoms with Crippen molar-refractivity contribution in [2.24, 2.45) is 0 Å². The maximum Gasteiger partial charge on any atom is 0.229 e. The van der Waals surface area contributed by atoms with Gasteiger partial charge in [-0.3, -0.25) is 0 Å². The van der Waals surface area contributed by atoms with Crippen LogP contribution in [0.2, 0.25) is 0 Å². The molecule has 1 saturated heterocycles. The smallest absolute Gasteiger partial charge is 0.229 e. The van der Waals surface area contributed by atoms with Crippen LogP contribution in [0.4, 0.5) is 5.95 Å². The van der Waals surface area contributed by atoms with Crippen LogP contribution in [0.3, 0.4) is 0 Å². The van der Waals surface area contributed by atoms with Crippen LogP contribution in [0.25, 0.3) is 0 Å². The van der Waals surface area contributed by atoms with E-state index in [0.29, 0.717) is 12.5 Å². The fourth-order valence-electron chi connectivity index (χ4n) is 2.35. The molecular formula is C17H21N3O2. The molecule has 2 heterocycles. The Hall–Kier alpha value is -2.14. The second kappa shape index (κ2) is 7.22. The predicted molar refractivity (Wildman–Crippen MR) is 85.2 cm³/mol. The molecule has 0 amide bonds. The molecule has 5 nitrogen and oxygen atoms in total. The fraction of sp³-hybridized carbons (Fsp3) is 0.412. The van der Waals surface area contributed by atoms with E-state index in [-0.39, 0.29) is 0 Å². The highest BCUT2D eigenvalue weighted by molar-refractivity contribution is 5.35. The number of aromatic nitrogens is 2. The lowest BCUT2D eigenvalue weighted by atomic mass is 10.2. The SMILES string of the molecule is CCc1cc(OCc2ccccc2)nc(N2CCOCC2)n1. The summed E-state index contributed by atoms with van der Waals surface area (Å²) in [5.41, 5.74) is 2.13. The summed E-state index contributed by atoms with van der Waals surface area (Å²) in [5.74, 6) is 1.38. The highest BCUT2D eigenvalue weighted by Crippen LogP contribution is 2.18. The number of anilines is 1. The van der Waals surface area contributed by atoms with Gasteiger partial charge in [0.1, 0.15) is 6.61 Å². The van der Waals surface area contributed by atoms with Crippen molar-refractivity contribution in [3.63, 3.8) is 0 Å². The second-order valence-electron chi connectivity index (χ2n) is 5.22. The van der Waals surface area contributed by atoms with Crippen molar-refractivity contribution in [3.05, 3.63) is 47.7 Å². The Labute approximate surface area is 130 Å². The lowest BCUT2D eigenvalue weighted by Crippen LogP contribution is -2.37. The lowest BCUT2D eigenvalue weighted by molar-refractivity contribution is 0.122. The number of ether oxygens (including phenoxy) is 2. The second-order valence-corrected chi connectivity index (χ2v) is 5.22. The Kier molecular flexibility index (Phi) is 4.85. The molecule has 0 atom stereocenters. The van der Waals surface area contributed by atoms with E-state index in [0.717, 1.165) is 49.9 Å². The van der Waals surface area contributed by atoms with Crippen molar-refractivity contribution >= 4 is 5.95 Å². The summed E-state index contributed by atoms with van der Waals surface area (Å²) >= 11 is 0. The summed E-state index contributed by atoms with van der Waals surface area (Å²) in [4.78, 5) is 11.3. The quantitative estimate of drug-likeness (QED) is 0.848. The van der Waals surface area contributed by atoms with E-state index in [2.05, 4.69) is 21.8 Å². The van der Waals surface area contributed by atoms with Crippen molar-refractivity contribution < 1.29 is 9.47 Å². The van der Waals surface area contributed by atoms with Crippen LogP contribution in [0, 0.1) is 0 Å². The summed E-state index contributed by atoms with van der Waals surface area (Å²) in [7, 11) is 0. The topological polar surface area (TPSA) is 47.5 Å². The van der Waals surface area contributed by atoms with Gasteiger partial charge in [0.15, 0.2) is 0 Å². The molecule has 0 bridgehead atoms. The summed E-state index contributed by atoms with van der Waals surface area (Å²) in [6, 6.07) is 12.0. The van der Waals surface area contributed by atoms with Gasteiger partial charge in [0.2, 0.25) is 11.8 Å². The van der Waals surface area contributed by atoms with Crippen molar-refractivity contribution in [2.45, 2.75) is 20.0 Å². The molecule has 1 aliphatic heterocycles. The van der Waals surface area contributed by atoms with Crippen molar-refractivity contribution in [1.82, 2.24) is 9.97 Å². The van der Waals surface area contributed by atoms with E-state index in [1.165, 1.54) is 0 Å². The minimum atomic E-state index is 0.517. The largest absolute Gasteiger partial charge is 0.473 e. The van der Waals surface area contributed by atoms with E-state index >= 15 is 0 Å². The van der Waals surface area contributed by atoms with Gasteiger partial charge in [-0.25, -0.2) is 4.98 Å². The van der Waals surface area contributed by atoms with E-state index < -0.39 is 0 Å². The summed E-state index contributed by atoms with van der Waals surface area (Å²) in [5, 5.41) is 0. The minimum absolute atomic E-state index is 0.517. The molecule has 0 saturated carbocycles. The first-order valence-corrected chi connectivity index (χ1v) is 7.72. The molecule has 2 aromatic rings. The first-order valence-electron chi connectivity index (χ1n) is 7.72. The Balaban J connectivity index is 1.75. The number of nitrogens with zero attached hydrogens (tertiary/aromatic N) is 3. The van der Waals surface area contributed by atoms with E-state index in [1.807, 2.05) is 36.4 Å². The van der Waals surface area contributed by atoms with Crippen LogP contribution in [-0.4, -0.2) is 36.3 Å². The van der Waals surface area contributed by atoms with Gasteiger partial charge < -0.3 is 14.4 Å². The van der Waals surface area contributed by atoms with Crippen LogP contribution >= 0.6 is 0 Å². The van der Waals surface area contributed by atoms with Gasteiger partial charge in [0.05, 0.1) is 13.2 Å². The van der Waals surface area contributed by atoms with E-state index in [9.17, 15) is 0 Å². The number of hydrogen-bond acceptors (Lipinski definition) is 5. The van der Waals surface area contributed by atoms with Gasteiger partial charge in [0.25, 0.3) is 0 Å². The number of rotatable bonds is 5. The summed E-state index contributed by atoms with van der Waals surface area (Å²) < 4.78 is 11.2. The normalized spacial score (nSPS) is 14.9. The van der Waals surface area contributed by atoms with Crippen molar-refractivity contribution in [2.75, 3.05) is 31.2 Å². The Morgan fingerprint density at radius 1 is 1.14 bits per heavy atom. The average Bonchev–Trinajstić information content (AvgIpc) is 2.61. The molecule has 3 rings (SSSR count). The Morgan fingerprint density at radius 3 is 2.64 bits per heavy atom. The lowest BCUT2D eigenvalue weighted by Gasteiger charge is -2.27. The van der Waals surface area contributed by atoms with E-state index in [4.69, 9.17) is 9.47 Å². The summed E-state index contributed by atoms with van der Waals surface area (Å²) in [6.45, 7) is 5.70. The molecule has 1 aliphatic rings. The Morgan fingerprint density at radius 2 is 1.91 bits per heavy atom. The van der Waals surface area contributed by atoms with Gasteiger partial charge in [0, 0.05) is 24.8 Å². The first kappa shape index (κ1) is 14.8. The molecule has 0 N–H and O–H groups in total. The molecular weight excluding hydrogens is 278 g/mol. The molecule has 0 radical (unpaired) electrons. The van der Waals surface area contributed by atoms with Crippen LogP contribution in [-0.2, 0) is 17.8 Å². The highest BCUT2D eigenvalue weighted by atomic mass is 16.5. The standard InChI is InChI=1S/C17H21N3O2/c1-2-15-12-16(22-13-14-6-4-3-5-7-14)19-17(18-15)20-8-10-21-11-9-20/h3-7,12H,2,8-11,13H2,1H3. The maximum absolute atomic E-state index is 5.86. The van der Waals surface area contributed by atoms with Crippen molar-refractivity contribution in [3.8, 4) is 5.88 Å². The predicted octanol–water partition coefficient (Wildman–Crippen LogP) is 2.45. The first-order chi connectivity index (χ1) is 10.8. The molecule has 5 heteroatoms. The van der Waals surface area contributed by atoms with Gasteiger partial charge in [-0.15, -0.1) is 0 Å². The fourth-order valence-corrected chi connectivity index (χ4v) is 2.35. The van der Waals surface area contributed by atoms with Gasteiger partial charge in [-0.05, 0) is 12.0 Å². The molecule has 0 aliphatic carbocycles. The molecule has 116 valence electrons. The summed E-state index contributed by atoms with van der Waals surface area (Å²) in [6.07, 6.45) is 0.863. The van der Waals surface area contributed by atoms with Crippen molar-refractivity contribution in [1.29, 1.82) is 0 Å². The zero-order valence-electron chi connectivity index (χ0n) is 12.9. The molecule has 1 fully saturated rings. The third-order valence-electron chi connectivity index (χ3n) is 3.63. The monoisotopic (exact) mass is 299 g/mol. The van der Waals surface area contributed by atoms with Gasteiger partial charge in [-0.1, -0.05) is 37.3 Å². The van der Waals surface area contributed by atoms with E-state index in [1.54, 1.807) is 0 Å². The third kappa shape index (κ3) is 3.74. The van der Waals surface area contributed by atoms with Crippen LogP contribution in [0.15, 0.2) is 36.4 Å². The maximum atomic E-state index is 5.86. The van der Waals surface area contributed by atoms with Gasteiger partial charge in [-0.2, -0.15) is 4.98 Å². The number of aryl methyl sites for hydroxylation is 1. The zero-order chi connectivity index (χ0) is 15.2. The molecule has 1 aromatic heterocycles. The molecule has 1 aromatic carbocycles. The molecule has 22 heavy (non-hydrogen) atoms. The third-order valence-corrected chi connectivity index (χ3v) is 3.63. The van der Waals surface area contributed by atoms with Gasteiger partial charge >= 0.3 is 0 Å². The van der Waals surface area contributed by atoms with Crippen LogP contribution in [0.5, 0.6) is 5.88 Å². The highest BCUT2D eigenvalue weighted by Gasteiger charge is 2.15. The van der Waals surface area contributed by atoms with Crippen LogP contribution in [0.1, 0.15) is 18.2 Å². The Bertz CT molecular complexity index is 598.